The van der Waals surface area contributed by atoms with Gasteiger partial charge >= 0.3 is 0 Å². The standard InChI is InChI=1S/C20H20N4O3S/c1-10-6-7-12(17(25)21-3)9-13(10)22-18(26)16-11(2)15-19(28-16)23-14-5-4-8-24(14)20(15)27/h6-7,9H,4-5,8H2,1-3H3,(H,21,25)(H,22,26). The molecule has 1 aliphatic heterocycles. The molecule has 0 fully saturated rings. The zero-order chi connectivity index (χ0) is 20.0. The number of benzene rings is 1. The van der Waals surface area contributed by atoms with Gasteiger partial charge < -0.3 is 10.6 Å². The number of carbonyl (C=O) groups is 2. The van der Waals surface area contributed by atoms with Gasteiger partial charge in [-0.2, -0.15) is 0 Å². The highest BCUT2D eigenvalue weighted by atomic mass is 32.1. The second-order valence-corrected chi connectivity index (χ2v) is 7.89. The number of anilines is 1. The van der Waals surface area contributed by atoms with E-state index in [0.29, 0.717) is 38.5 Å². The summed E-state index contributed by atoms with van der Waals surface area (Å²) in [5.41, 5.74) is 2.46. The van der Waals surface area contributed by atoms with Gasteiger partial charge in [0.15, 0.2) is 0 Å². The molecule has 8 heteroatoms. The second-order valence-electron chi connectivity index (χ2n) is 6.89. The molecule has 0 saturated heterocycles. The van der Waals surface area contributed by atoms with Crippen LogP contribution in [0.2, 0.25) is 0 Å². The summed E-state index contributed by atoms with van der Waals surface area (Å²) in [4.78, 5) is 43.3. The molecule has 0 aliphatic carbocycles. The van der Waals surface area contributed by atoms with Crippen molar-refractivity contribution in [2.45, 2.75) is 33.2 Å². The normalized spacial score (nSPS) is 12.8. The topological polar surface area (TPSA) is 93.1 Å². The molecule has 4 rings (SSSR count). The first-order valence-corrected chi connectivity index (χ1v) is 9.89. The Morgan fingerprint density at radius 2 is 2.00 bits per heavy atom. The van der Waals surface area contributed by atoms with Crippen molar-refractivity contribution < 1.29 is 9.59 Å². The van der Waals surface area contributed by atoms with Crippen LogP contribution in [0, 0.1) is 13.8 Å². The average molecular weight is 396 g/mol. The lowest BCUT2D eigenvalue weighted by Crippen LogP contribution is -2.21. The van der Waals surface area contributed by atoms with Crippen LogP contribution in [-0.2, 0) is 13.0 Å². The molecule has 0 spiro atoms. The molecule has 0 atom stereocenters. The Morgan fingerprint density at radius 3 is 2.75 bits per heavy atom. The minimum absolute atomic E-state index is 0.0666. The van der Waals surface area contributed by atoms with Gasteiger partial charge in [-0.3, -0.25) is 19.0 Å². The van der Waals surface area contributed by atoms with E-state index >= 15 is 0 Å². The summed E-state index contributed by atoms with van der Waals surface area (Å²) in [6.45, 7) is 4.32. The maximum absolute atomic E-state index is 12.9. The molecule has 7 nitrogen and oxygen atoms in total. The Balaban J connectivity index is 1.73. The first-order valence-electron chi connectivity index (χ1n) is 9.07. The van der Waals surface area contributed by atoms with E-state index < -0.39 is 0 Å². The SMILES string of the molecule is CNC(=O)c1ccc(C)c(NC(=O)c2sc3nc4n(c(=O)c3c2C)CCC4)c1. The van der Waals surface area contributed by atoms with Crippen LogP contribution in [0.1, 0.15) is 43.4 Å². The maximum atomic E-state index is 12.9. The predicted molar refractivity (Wildman–Crippen MR) is 109 cm³/mol. The van der Waals surface area contributed by atoms with Gasteiger partial charge in [0, 0.05) is 31.3 Å². The van der Waals surface area contributed by atoms with Crippen molar-refractivity contribution >= 4 is 39.1 Å². The quantitative estimate of drug-likeness (QED) is 0.712. The monoisotopic (exact) mass is 396 g/mol. The lowest BCUT2D eigenvalue weighted by Gasteiger charge is -2.10. The predicted octanol–water partition coefficient (Wildman–Crippen LogP) is 2.63. The molecule has 2 amide bonds. The van der Waals surface area contributed by atoms with Crippen LogP contribution in [0.3, 0.4) is 0 Å². The number of amides is 2. The Bertz CT molecular complexity index is 1190. The third kappa shape index (κ3) is 2.90. The molecular weight excluding hydrogens is 376 g/mol. The molecule has 1 aliphatic rings. The van der Waals surface area contributed by atoms with Crippen LogP contribution in [0.5, 0.6) is 0 Å². The molecule has 2 aromatic heterocycles. The van der Waals surface area contributed by atoms with Crippen LogP contribution in [0.25, 0.3) is 10.2 Å². The van der Waals surface area contributed by atoms with Gasteiger partial charge in [0.25, 0.3) is 17.4 Å². The maximum Gasteiger partial charge on any atom is 0.266 e. The Morgan fingerprint density at radius 1 is 1.21 bits per heavy atom. The highest BCUT2D eigenvalue weighted by Crippen LogP contribution is 2.29. The number of nitrogens with one attached hydrogen (secondary N) is 2. The van der Waals surface area contributed by atoms with Gasteiger partial charge in [-0.05, 0) is 43.5 Å². The third-order valence-corrected chi connectivity index (χ3v) is 6.28. The highest BCUT2D eigenvalue weighted by molar-refractivity contribution is 7.20. The lowest BCUT2D eigenvalue weighted by atomic mass is 10.1. The van der Waals surface area contributed by atoms with Gasteiger partial charge in [0.2, 0.25) is 0 Å². The zero-order valence-electron chi connectivity index (χ0n) is 15.9. The van der Waals surface area contributed by atoms with E-state index in [1.54, 1.807) is 36.7 Å². The van der Waals surface area contributed by atoms with Gasteiger partial charge in [0.05, 0.1) is 10.3 Å². The Hall–Kier alpha value is -3.00. The number of rotatable bonds is 3. The van der Waals surface area contributed by atoms with Crippen LogP contribution >= 0.6 is 11.3 Å². The number of fused-ring (bicyclic) bond motifs is 2. The number of nitrogens with zero attached hydrogens (tertiary/aromatic N) is 2. The van der Waals surface area contributed by atoms with Crippen molar-refractivity contribution in [2.75, 3.05) is 12.4 Å². The molecule has 28 heavy (non-hydrogen) atoms. The second kappa shape index (κ2) is 6.87. The van der Waals surface area contributed by atoms with Crippen LogP contribution in [0.15, 0.2) is 23.0 Å². The first-order chi connectivity index (χ1) is 13.4. The number of aryl methyl sites for hydroxylation is 3. The van der Waals surface area contributed by atoms with Crippen molar-refractivity contribution in [1.82, 2.24) is 14.9 Å². The molecular formula is C20H20N4O3S. The van der Waals surface area contributed by atoms with Crippen LogP contribution < -0.4 is 16.2 Å². The molecule has 3 aromatic rings. The highest BCUT2D eigenvalue weighted by Gasteiger charge is 2.23. The van der Waals surface area contributed by atoms with Gasteiger partial charge in [-0.1, -0.05) is 6.07 Å². The molecule has 3 heterocycles. The zero-order valence-corrected chi connectivity index (χ0v) is 16.7. The summed E-state index contributed by atoms with van der Waals surface area (Å²) >= 11 is 1.24. The minimum Gasteiger partial charge on any atom is -0.355 e. The number of carbonyl (C=O) groups excluding carboxylic acids is 2. The van der Waals surface area contributed by atoms with E-state index in [1.165, 1.54) is 11.3 Å². The lowest BCUT2D eigenvalue weighted by molar-refractivity contribution is 0.0961. The molecule has 0 unspecified atom stereocenters. The van der Waals surface area contributed by atoms with Crippen LogP contribution in [0.4, 0.5) is 5.69 Å². The number of hydrogen-bond donors (Lipinski definition) is 2. The van der Waals surface area contributed by atoms with Gasteiger partial charge in [0.1, 0.15) is 10.7 Å². The largest absolute Gasteiger partial charge is 0.355 e. The van der Waals surface area contributed by atoms with E-state index in [0.717, 1.165) is 24.2 Å². The van der Waals surface area contributed by atoms with Crippen LogP contribution in [-0.4, -0.2) is 28.4 Å². The molecule has 2 N–H and O–H groups in total. The minimum atomic E-state index is -0.304. The van der Waals surface area contributed by atoms with Crippen molar-refractivity contribution in [1.29, 1.82) is 0 Å². The third-order valence-electron chi connectivity index (χ3n) is 5.09. The summed E-state index contributed by atoms with van der Waals surface area (Å²) in [6.07, 6.45) is 1.71. The van der Waals surface area contributed by atoms with Gasteiger partial charge in [-0.15, -0.1) is 11.3 Å². The van der Waals surface area contributed by atoms with E-state index in [2.05, 4.69) is 15.6 Å². The van der Waals surface area contributed by atoms with E-state index in [4.69, 9.17) is 0 Å². The number of hydrogen-bond acceptors (Lipinski definition) is 5. The summed E-state index contributed by atoms with van der Waals surface area (Å²) in [7, 11) is 1.56. The van der Waals surface area contributed by atoms with E-state index in [9.17, 15) is 14.4 Å². The van der Waals surface area contributed by atoms with E-state index in [1.807, 2.05) is 6.92 Å². The summed E-state index contributed by atoms with van der Waals surface area (Å²) in [5, 5.41) is 5.98. The summed E-state index contributed by atoms with van der Waals surface area (Å²) in [6, 6.07) is 5.15. The molecule has 0 bridgehead atoms. The summed E-state index contributed by atoms with van der Waals surface area (Å²) in [5.74, 6) is 0.266. The Labute approximate surface area is 165 Å². The molecule has 0 saturated carbocycles. The van der Waals surface area contributed by atoms with Crippen molar-refractivity contribution in [2.24, 2.45) is 0 Å². The fraction of sp³-hybridized carbons (Fsp3) is 0.300. The fourth-order valence-corrected chi connectivity index (χ4v) is 4.60. The first kappa shape index (κ1) is 18.4. The smallest absolute Gasteiger partial charge is 0.266 e. The summed E-state index contributed by atoms with van der Waals surface area (Å²) < 4.78 is 1.71. The fourth-order valence-electron chi connectivity index (χ4n) is 3.51. The number of aromatic nitrogens is 2. The number of thiophene rings is 1. The van der Waals surface area contributed by atoms with Crippen molar-refractivity contribution in [3.8, 4) is 0 Å². The molecule has 0 radical (unpaired) electrons. The molecule has 144 valence electrons. The van der Waals surface area contributed by atoms with Gasteiger partial charge in [-0.25, -0.2) is 4.98 Å². The average Bonchev–Trinajstić information content (AvgIpc) is 3.28. The molecule has 1 aromatic carbocycles. The van der Waals surface area contributed by atoms with E-state index in [-0.39, 0.29) is 17.4 Å². The Kier molecular flexibility index (Phi) is 4.50. The van der Waals surface area contributed by atoms with Crippen molar-refractivity contribution in [3.63, 3.8) is 0 Å². The van der Waals surface area contributed by atoms with Crippen molar-refractivity contribution in [3.05, 3.63) is 55.9 Å².